The Hall–Kier alpha value is -1.71. The van der Waals surface area contributed by atoms with Crippen molar-refractivity contribution in [3.63, 3.8) is 0 Å². The van der Waals surface area contributed by atoms with Crippen molar-refractivity contribution in [2.24, 2.45) is 11.5 Å². The molecule has 0 aliphatic carbocycles. The molecule has 17 heavy (non-hydrogen) atoms. The van der Waals surface area contributed by atoms with Gasteiger partial charge in [-0.2, -0.15) is 0 Å². The van der Waals surface area contributed by atoms with Crippen molar-refractivity contribution in [2.75, 3.05) is 0 Å². The second-order valence-electron chi connectivity index (χ2n) is 3.19. The van der Waals surface area contributed by atoms with Gasteiger partial charge in [0, 0.05) is 6.42 Å². The number of carbonyl (C=O) groups is 3. The number of amides is 2. The van der Waals surface area contributed by atoms with Gasteiger partial charge in [-0.3, -0.25) is 9.59 Å². The molecule has 10 N–H and O–H groups in total. The number of rotatable bonds is 6. The molecule has 0 radical (unpaired) electrons. The van der Waals surface area contributed by atoms with E-state index in [2.05, 4.69) is 5.32 Å². The zero-order chi connectivity index (χ0) is 12.0. The fourth-order valence-electron chi connectivity index (χ4n) is 0.847. The lowest BCUT2D eigenvalue weighted by Gasteiger charge is -2.14. The topological polar surface area (TPSA) is 199 Å². The van der Waals surface area contributed by atoms with Crippen molar-refractivity contribution in [1.82, 2.24) is 5.32 Å². The largest absolute Gasteiger partial charge is 0.480 e. The number of carboxylic acid groups (broad SMARTS) is 1. The Balaban J connectivity index is -0.000000980. The molecule has 0 aliphatic rings. The number of aliphatic carboxylic acids is 1. The first-order chi connectivity index (χ1) is 6.84. The summed E-state index contributed by atoms with van der Waals surface area (Å²) in [6.07, 6.45) is -0.140. The Morgan fingerprint density at radius 1 is 1.29 bits per heavy atom. The molecule has 0 bridgehead atoms. The van der Waals surface area contributed by atoms with Crippen molar-refractivity contribution >= 4 is 17.8 Å². The van der Waals surface area contributed by atoms with Crippen LogP contribution in [-0.4, -0.2) is 45.9 Å². The summed E-state index contributed by atoms with van der Waals surface area (Å²) in [5, 5.41) is 10.9. The van der Waals surface area contributed by atoms with Gasteiger partial charge in [0.2, 0.25) is 11.8 Å². The highest BCUT2D eigenvalue weighted by Crippen LogP contribution is 1.97. The van der Waals surface area contributed by atoms with E-state index in [1.807, 2.05) is 0 Å². The van der Waals surface area contributed by atoms with Crippen LogP contribution >= 0.6 is 0 Å². The zero-order valence-corrected chi connectivity index (χ0v) is 9.40. The predicted molar refractivity (Wildman–Crippen MR) is 58.9 cm³/mol. The summed E-state index contributed by atoms with van der Waals surface area (Å²) < 4.78 is 0. The highest BCUT2D eigenvalue weighted by Gasteiger charge is 2.21. The third-order valence-electron chi connectivity index (χ3n) is 1.71. The van der Waals surface area contributed by atoms with E-state index in [1.165, 1.54) is 6.92 Å². The standard InChI is InChI=1S/C8H15N3O4.2H2O/c1-4(9)7(13)11-5(8(14)15)2-3-6(10)12;;/h4-5H,2-3,9H2,1H3,(H2,10,12)(H,11,13)(H,14,15);2*1H2. The van der Waals surface area contributed by atoms with Crippen LogP contribution < -0.4 is 16.8 Å². The summed E-state index contributed by atoms with van der Waals surface area (Å²) in [6.45, 7) is 1.43. The minimum atomic E-state index is -1.22. The summed E-state index contributed by atoms with van der Waals surface area (Å²) in [5.41, 5.74) is 10.1. The van der Waals surface area contributed by atoms with Crippen molar-refractivity contribution in [3.05, 3.63) is 0 Å². The summed E-state index contributed by atoms with van der Waals surface area (Å²) in [5.74, 6) is -2.41. The predicted octanol–water partition coefficient (Wildman–Crippen LogP) is -3.48. The van der Waals surface area contributed by atoms with E-state index in [-0.39, 0.29) is 23.8 Å². The van der Waals surface area contributed by atoms with Crippen molar-refractivity contribution < 1.29 is 30.4 Å². The van der Waals surface area contributed by atoms with Crippen LogP contribution in [0.3, 0.4) is 0 Å². The summed E-state index contributed by atoms with van der Waals surface area (Å²) in [6, 6.07) is -1.92. The number of carboxylic acids is 1. The molecule has 2 atom stereocenters. The van der Waals surface area contributed by atoms with Gasteiger partial charge in [-0.05, 0) is 13.3 Å². The fraction of sp³-hybridized carbons (Fsp3) is 0.625. The summed E-state index contributed by atoms with van der Waals surface area (Å²) in [4.78, 5) is 32.2. The third kappa shape index (κ3) is 9.23. The van der Waals surface area contributed by atoms with Crippen molar-refractivity contribution in [1.29, 1.82) is 0 Å². The first-order valence-electron chi connectivity index (χ1n) is 4.41. The Labute approximate surface area is 97.8 Å². The van der Waals surface area contributed by atoms with Gasteiger partial charge in [-0.15, -0.1) is 0 Å². The summed E-state index contributed by atoms with van der Waals surface area (Å²) in [7, 11) is 0. The number of nitrogens with two attached hydrogens (primary N) is 2. The van der Waals surface area contributed by atoms with Crippen LogP contribution in [-0.2, 0) is 14.4 Å². The highest BCUT2D eigenvalue weighted by atomic mass is 16.4. The summed E-state index contributed by atoms with van der Waals surface area (Å²) >= 11 is 0. The van der Waals surface area contributed by atoms with E-state index >= 15 is 0 Å². The lowest BCUT2D eigenvalue weighted by atomic mass is 10.1. The van der Waals surface area contributed by atoms with Gasteiger partial charge < -0.3 is 32.8 Å². The second-order valence-corrected chi connectivity index (χ2v) is 3.19. The SMILES string of the molecule is CC(N)C(=O)NC(CCC(N)=O)C(=O)O.O.O. The quantitative estimate of drug-likeness (QED) is 0.380. The molecule has 2 amide bonds. The molecule has 0 aromatic carbocycles. The van der Waals surface area contributed by atoms with E-state index in [4.69, 9.17) is 16.6 Å². The van der Waals surface area contributed by atoms with E-state index in [0.29, 0.717) is 0 Å². The van der Waals surface area contributed by atoms with Crippen LogP contribution in [0.5, 0.6) is 0 Å². The molecule has 102 valence electrons. The minimum Gasteiger partial charge on any atom is -0.480 e. The minimum absolute atomic E-state index is 0. The molecule has 0 aliphatic heterocycles. The van der Waals surface area contributed by atoms with E-state index < -0.39 is 29.9 Å². The van der Waals surface area contributed by atoms with Crippen LogP contribution in [0.25, 0.3) is 0 Å². The van der Waals surface area contributed by atoms with E-state index in [9.17, 15) is 14.4 Å². The van der Waals surface area contributed by atoms with Crippen LogP contribution in [0.2, 0.25) is 0 Å². The molecule has 2 unspecified atom stereocenters. The van der Waals surface area contributed by atoms with Gasteiger partial charge >= 0.3 is 5.97 Å². The lowest BCUT2D eigenvalue weighted by Crippen LogP contribution is -2.47. The van der Waals surface area contributed by atoms with Crippen LogP contribution in [0.1, 0.15) is 19.8 Å². The smallest absolute Gasteiger partial charge is 0.326 e. The Bertz CT molecular complexity index is 268. The van der Waals surface area contributed by atoms with Crippen molar-refractivity contribution in [2.45, 2.75) is 31.8 Å². The molecular formula is C8H19N3O6. The molecule has 9 nitrogen and oxygen atoms in total. The molecule has 9 heteroatoms. The second kappa shape index (κ2) is 9.51. The molecule has 0 rings (SSSR count). The van der Waals surface area contributed by atoms with Gasteiger partial charge in [0.1, 0.15) is 6.04 Å². The van der Waals surface area contributed by atoms with Gasteiger partial charge in [0.25, 0.3) is 0 Å². The van der Waals surface area contributed by atoms with Gasteiger partial charge in [-0.1, -0.05) is 0 Å². The molecule has 0 aromatic heterocycles. The molecule has 0 saturated heterocycles. The molecule has 0 spiro atoms. The number of carbonyl (C=O) groups excluding carboxylic acids is 2. The molecule has 0 saturated carbocycles. The monoisotopic (exact) mass is 253 g/mol. The zero-order valence-electron chi connectivity index (χ0n) is 9.40. The molecule has 0 heterocycles. The van der Waals surface area contributed by atoms with Gasteiger partial charge in [-0.25, -0.2) is 4.79 Å². The lowest BCUT2D eigenvalue weighted by molar-refractivity contribution is -0.142. The maximum Gasteiger partial charge on any atom is 0.326 e. The first-order valence-corrected chi connectivity index (χ1v) is 4.41. The third-order valence-corrected chi connectivity index (χ3v) is 1.71. The van der Waals surface area contributed by atoms with E-state index in [1.54, 1.807) is 0 Å². The molecular weight excluding hydrogens is 234 g/mol. The fourth-order valence-corrected chi connectivity index (χ4v) is 0.847. The number of hydrogen-bond donors (Lipinski definition) is 4. The molecule has 0 fully saturated rings. The van der Waals surface area contributed by atoms with Crippen LogP contribution in [0.15, 0.2) is 0 Å². The van der Waals surface area contributed by atoms with Crippen molar-refractivity contribution in [3.8, 4) is 0 Å². The molecule has 0 aromatic rings. The normalized spacial score (nSPS) is 12.4. The number of hydrogen-bond acceptors (Lipinski definition) is 4. The average Bonchev–Trinajstić information content (AvgIpc) is 2.10. The van der Waals surface area contributed by atoms with Crippen LogP contribution in [0, 0.1) is 0 Å². The number of nitrogens with one attached hydrogen (secondary N) is 1. The van der Waals surface area contributed by atoms with E-state index in [0.717, 1.165) is 0 Å². The Morgan fingerprint density at radius 3 is 2.06 bits per heavy atom. The van der Waals surface area contributed by atoms with Gasteiger partial charge in [0.15, 0.2) is 0 Å². The van der Waals surface area contributed by atoms with Gasteiger partial charge in [0.05, 0.1) is 6.04 Å². The first kappa shape index (κ1) is 20.7. The maximum absolute atomic E-state index is 11.1. The number of primary amides is 1. The van der Waals surface area contributed by atoms with Crippen LogP contribution in [0.4, 0.5) is 0 Å². The Kier molecular flexibility index (Phi) is 11.6. The highest BCUT2D eigenvalue weighted by molar-refractivity contribution is 5.86. The maximum atomic E-state index is 11.1. The Morgan fingerprint density at radius 2 is 1.76 bits per heavy atom. The average molecular weight is 253 g/mol.